The van der Waals surface area contributed by atoms with Crippen molar-refractivity contribution in [2.45, 2.75) is 26.3 Å². The molecule has 1 rings (SSSR count). The summed E-state index contributed by atoms with van der Waals surface area (Å²) in [5.74, 6) is 0.865. The van der Waals surface area contributed by atoms with Gasteiger partial charge in [0.05, 0.1) is 5.75 Å². The van der Waals surface area contributed by atoms with Gasteiger partial charge < -0.3 is 4.57 Å². The van der Waals surface area contributed by atoms with Gasteiger partial charge in [0.1, 0.15) is 15.7 Å². The Balaban J connectivity index is 3.05. The molecule has 1 N–H and O–H groups in total. The Bertz CT molecular complexity index is 486. The normalized spacial score (nSPS) is 14.1. The fourth-order valence-corrected chi connectivity index (χ4v) is 2.91. The number of aromatic amines is 1. The molecule has 1 unspecified atom stereocenters. The summed E-state index contributed by atoms with van der Waals surface area (Å²) in [6.45, 7) is 3.78. The average molecular weight is 249 g/mol. The first kappa shape index (κ1) is 12.4. The summed E-state index contributed by atoms with van der Waals surface area (Å²) >= 11 is 5.05. The minimum absolute atomic E-state index is 0.0772. The van der Waals surface area contributed by atoms with E-state index in [0.29, 0.717) is 4.77 Å². The molecule has 86 valence electrons. The smallest absolute Gasteiger partial charge is 0.195 e. The maximum Gasteiger partial charge on any atom is 0.195 e. The minimum atomic E-state index is -3.00. The van der Waals surface area contributed by atoms with Crippen molar-refractivity contribution >= 4 is 22.1 Å². The third-order valence-corrected chi connectivity index (χ3v) is 3.45. The lowest BCUT2D eigenvalue weighted by molar-refractivity contribution is 0.543. The molecule has 0 spiro atoms. The van der Waals surface area contributed by atoms with Crippen LogP contribution in [0.5, 0.6) is 0 Å². The van der Waals surface area contributed by atoms with Gasteiger partial charge in [-0.05, 0) is 19.1 Å². The molecule has 5 nitrogen and oxygen atoms in total. The zero-order valence-electron chi connectivity index (χ0n) is 9.02. The summed E-state index contributed by atoms with van der Waals surface area (Å²) in [6, 6.07) is -0.179. The Morgan fingerprint density at radius 2 is 2.20 bits per heavy atom. The molecule has 0 aliphatic heterocycles. The average Bonchev–Trinajstić information content (AvgIpc) is 2.43. The summed E-state index contributed by atoms with van der Waals surface area (Å²) in [5, 5.41) is 6.71. The highest BCUT2D eigenvalue weighted by Gasteiger charge is 2.16. The third kappa shape index (κ3) is 3.13. The van der Waals surface area contributed by atoms with Gasteiger partial charge in [-0.1, -0.05) is 6.92 Å². The molecule has 1 atom stereocenters. The van der Waals surface area contributed by atoms with Gasteiger partial charge >= 0.3 is 0 Å². The Hall–Kier alpha value is -0.690. The highest BCUT2D eigenvalue weighted by molar-refractivity contribution is 7.90. The molecule has 0 saturated carbocycles. The molecule has 1 aromatic heterocycles. The van der Waals surface area contributed by atoms with Gasteiger partial charge in [-0.25, -0.2) is 8.42 Å². The quantitative estimate of drug-likeness (QED) is 0.812. The van der Waals surface area contributed by atoms with Gasteiger partial charge in [-0.15, -0.1) is 0 Å². The van der Waals surface area contributed by atoms with Crippen LogP contribution >= 0.6 is 12.2 Å². The van der Waals surface area contributed by atoms with Crippen molar-refractivity contribution < 1.29 is 8.42 Å². The highest BCUT2D eigenvalue weighted by atomic mass is 32.2. The number of nitrogens with one attached hydrogen (secondary N) is 1. The van der Waals surface area contributed by atoms with Gasteiger partial charge in [0.15, 0.2) is 4.77 Å². The highest BCUT2D eigenvalue weighted by Crippen LogP contribution is 2.12. The molecule has 15 heavy (non-hydrogen) atoms. The lowest BCUT2D eigenvalue weighted by Crippen LogP contribution is -2.18. The molecule has 0 bridgehead atoms. The number of H-pyrrole nitrogens is 1. The van der Waals surface area contributed by atoms with Crippen LogP contribution in [0.2, 0.25) is 0 Å². The van der Waals surface area contributed by atoms with Crippen LogP contribution in [0.3, 0.4) is 0 Å². The number of hydrogen-bond acceptors (Lipinski definition) is 4. The monoisotopic (exact) mass is 249 g/mol. The summed E-state index contributed by atoms with van der Waals surface area (Å²) in [5.41, 5.74) is 0. The lowest BCUT2D eigenvalue weighted by Gasteiger charge is -2.13. The number of aromatic nitrogens is 3. The van der Waals surface area contributed by atoms with E-state index in [4.69, 9.17) is 12.2 Å². The molecule has 0 aliphatic rings. The van der Waals surface area contributed by atoms with E-state index in [0.717, 1.165) is 12.2 Å². The fraction of sp³-hybridized carbons (Fsp3) is 0.750. The zero-order chi connectivity index (χ0) is 11.6. The van der Waals surface area contributed by atoms with E-state index in [1.54, 1.807) is 4.57 Å². The van der Waals surface area contributed by atoms with E-state index in [2.05, 4.69) is 10.2 Å². The second-order valence-electron chi connectivity index (χ2n) is 3.61. The first-order valence-electron chi connectivity index (χ1n) is 4.68. The molecule has 0 aliphatic carbocycles. The SMILES string of the molecule is CCc1n[nH]c(=S)n1C(C)CS(C)(=O)=O. The van der Waals surface area contributed by atoms with Crippen molar-refractivity contribution in [1.29, 1.82) is 0 Å². The van der Waals surface area contributed by atoms with Crippen LogP contribution in [0, 0.1) is 4.77 Å². The van der Waals surface area contributed by atoms with Crippen LogP contribution in [0.4, 0.5) is 0 Å². The van der Waals surface area contributed by atoms with Gasteiger partial charge in [0, 0.05) is 18.7 Å². The molecule has 1 aromatic rings. The van der Waals surface area contributed by atoms with E-state index in [-0.39, 0.29) is 11.8 Å². The van der Waals surface area contributed by atoms with E-state index < -0.39 is 9.84 Å². The standard InChI is InChI=1S/C8H15N3O2S2/c1-4-7-9-10-8(14)11(7)6(2)5-15(3,12)13/h6H,4-5H2,1-3H3,(H,10,14). The molecule has 0 amide bonds. The number of aryl methyl sites for hydroxylation is 1. The maximum atomic E-state index is 11.2. The third-order valence-electron chi connectivity index (χ3n) is 2.08. The van der Waals surface area contributed by atoms with Crippen LogP contribution in [0.25, 0.3) is 0 Å². The number of sulfone groups is 1. The summed E-state index contributed by atoms with van der Waals surface area (Å²) in [7, 11) is -3.00. The molecule has 0 aromatic carbocycles. The molecule has 7 heteroatoms. The Morgan fingerprint density at radius 1 is 1.60 bits per heavy atom. The van der Waals surface area contributed by atoms with Crippen molar-refractivity contribution in [1.82, 2.24) is 14.8 Å². The van der Waals surface area contributed by atoms with E-state index >= 15 is 0 Å². The van der Waals surface area contributed by atoms with Crippen LogP contribution in [-0.2, 0) is 16.3 Å². The van der Waals surface area contributed by atoms with Crippen molar-refractivity contribution in [3.05, 3.63) is 10.6 Å². The molecule has 0 saturated heterocycles. The Morgan fingerprint density at radius 3 is 2.67 bits per heavy atom. The van der Waals surface area contributed by atoms with Crippen LogP contribution in [-0.4, -0.2) is 35.2 Å². The van der Waals surface area contributed by atoms with Crippen molar-refractivity contribution in [3.8, 4) is 0 Å². The van der Waals surface area contributed by atoms with Gasteiger partial charge in [0.25, 0.3) is 0 Å². The number of nitrogens with zero attached hydrogens (tertiary/aromatic N) is 2. The fourth-order valence-electron chi connectivity index (χ4n) is 1.55. The molecule has 0 fully saturated rings. The summed E-state index contributed by atoms with van der Waals surface area (Å²) in [4.78, 5) is 0. The molecular formula is C8H15N3O2S2. The number of hydrogen-bond donors (Lipinski definition) is 1. The number of rotatable bonds is 4. The first-order chi connectivity index (χ1) is 6.85. The second kappa shape index (κ2) is 4.44. The van der Waals surface area contributed by atoms with E-state index in [1.807, 2.05) is 13.8 Å². The minimum Gasteiger partial charge on any atom is -0.300 e. The van der Waals surface area contributed by atoms with Crippen molar-refractivity contribution in [2.75, 3.05) is 12.0 Å². The maximum absolute atomic E-state index is 11.2. The van der Waals surface area contributed by atoms with Gasteiger partial charge in [-0.3, -0.25) is 5.10 Å². The van der Waals surface area contributed by atoms with Crippen LogP contribution in [0.1, 0.15) is 25.7 Å². The van der Waals surface area contributed by atoms with Gasteiger partial charge in [-0.2, -0.15) is 5.10 Å². The Labute approximate surface area is 94.4 Å². The second-order valence-corrected chi connectivity index (χ2v) is 6.18. The summed E-state index contributed by atoms with van der Waals surface area (Å²) < 4.78 is 24.6. The van der Waals surface area contributed by atoms with Crippen LogP contribution in [0.15, 0.2) is 0 Å². The summed E-state index contributed by atoms with van der Waals surface area (Å²) in [6.07, 6.45) is 1.94. The Kier molecular flexibility index (Phi) is 3.67. The lowest BCUT2D eigenvalue weighted by atomic mass is 10.3. The predicted molar refractivity (Wildman–Crippen MR) is 61.2 cm³/mol. The molecule has 0 radical (unpaired) electrons. The van der Waals surface area contributed by atoms with Crippen molar-refractivity contribution in [3.63, 3.8) is 0 Å². The van der Waals surface area contributed by atoms with E-state index in [1.165, 1.54) is 6.26 Å². The largest absolute Gasteiger partial charge is 0.300 e. The van der Waals surface area contributed by atoms with Crippen molar-refractivity contribution in [2.24, 2.45) is 0 Å². The zero-order valence-corrected chi connectivity index (χ0v) is 10.7. The predicted octanol–water partition coefficient (Wildman–Crippen LogP) is 1.11. The molecule has 1 heterocycles. The topological polar surface area (TPSA) is 67.8 Å². The van der Waals surface area contributed by atoms with Crippen LogP contribution < -0.4 is 0 Å². The first-order valence-corrected chi connectivity index (χ1v) is 7.15. The molecular weight excluding hydrogens is 234 g/mol. The van der Waals surface area contributed by atoms with E-state index in [9.17, 15) is 8.42 Å². The van der Waals surface area contributed by atoms with Gasteiger partial charge in [0.2, 0.25) is 0 Å².